The van der Waals surface area contributed by atoms with Crippen LogP contribution in [-0.4, -0.2) is 27.4 Å². The van der Waals surface area contributed by atoms with Crippen molar-refractivity contribution in [3.05, 3.63) is 120 Å². The fourth-order valence-corrected chi connectivity index (χ4v) is 3.89. The van der Waals surface area contributed by atoms with Gasteiger partial charge < -0.3 is 24.7 Å². The maximum Gasteiger partial charge on any atom is 0.311 e. The largest absolute Gasteiger partial charge is 0.416 e. The molecular formula is C30H34B2N2O3. The van der Waals surface area contributed by atoms with Crippen molar-refractivity contribution in [3.63, 3.8) is 0 Å². The zero-order valence-corrected chi connectivity index (χ0v) is 21.6. The van der Waals surface area contributed by atoms with Crippen molar-refractivity contribution >= 4 is 37.3 Å². The van der Waals surface area contributed by atoms with Gasteiger partial charge in [-0.25, -0.2) is 0 Å². The summed E-state index contributed by atoms with van der Waals surface area (Å²) in [6, 6.07) is 36.9. The minimum Gasteiger partial charge on any atom is -0.416 e. The first-order valence-corrected chi connectivity index (χ1v) is 12.7. The molecule has 5 nitrogen and oxygen atoms in total. The third-order valence-electron chi connectivity index (χ3n) is 5.84. The molecule has 0 bridgehead atoms. The molecule has 0 saturated heterocycles. The fraction of sp³-hybridized carbons (Fsp3) is 0.200. The van der Waals surface area contributed by atoms with Crippen molar-refractivity contribution in [1.29, 1.82) is 0 Å². The third-order valence-corrected chi connectivity index (χ3v) is 5.84. The number of hydrogen-bond acceptors (Lipinski definition) is 5. The van der Waals surface area contributed by atoms with Gasteiger partial charge in [-0.05, 0) is 49.2 Å². The van der Waals surface area contributed by atoms with Crippen molar-refractivity contribution in [3.8, 4) is 0 Å². The summed E-state index contributed by atoms with van der Waals surface area (Å²) in [6.45, 7) is 5.14. The van der Waals surface area contributed by atoms with Crippen LogP contribution in [-0.2, 0) is 27.3 Å². The first-order valence-electron chi connectivity index (χ1n) is 12.7. The number of hydrogen-bond donors (Lipinski definition) is 2. The molecule has 2 unspecified atom stereocenters. The van der Waals surface area contributed by atoms with Crippen molar-refractivity contribution < 1.29 is 14.0 Å². The molecule has 0 aliphatic carbocycles. The van der Waals surface area contributed by atoms with Crippen LogP contribution in [0.25, 0.3) is 0 Å². The summed E-state index contributed by atoms with van der Waals surface area (Å²) in [5.74, 6) is 0. The van der Waals surface area contributed by atoms with Gasteiger partial charge in [0.15, 0.2) is 0 Å². The Bertz CT molecular complexity index is 1190. The van der Waals surface area contributed by atoms with E-state index in [9.17, 15) is 0 Å². The molecule has 37 heavy (non-hydrogen) atoms. The summed E-state index contributed by atoms with van der Waals surface area (Å²) >= 11 is 0. The van der Waals surface area contributed by atoms with Crippen LogP contribution in [0.2, 0.25) is 0 Å². The predicted molar refractivity (Wildman–Crippen MR) is 156 cm³/mol. The number of benzene rings is 4. The number of para-hydroxylation sites is 2. The Labute approximate surface area is 221 Å². The SMILES string of the molecule is CC(Nc1ccccc1)OBc1ccc(COCc2cccc(BOC(C)Nc3ccccc3)c2)cc1. The number of rotatable bonds is 14. The average Bonchev–Trinajstić information content (AvgIpc) is 2.93. The second kappa shape index (κ2) is 14.3. The maximum atomic E-state index is 5.98. The zero-order valence-electron chi connectivity index (χ0n) is 21.6. The Morgan fingerprint density at radius 1 is 0.568 bits per heavy atom. The highest BCUT2D eigenvalue weighted by atomic mass is 16.5. The molecule has 2 atom stereocenters. The minimum absolute atomic E-state index is 0.0742. The van der Waals surface area contributed by atoms with Gasteiger partial charge in [0.25, 0.3) is 0 Å². The molecule has 0 radical (unpaired) electrons. The van der Waals surface area contributed by atoms with Crippen molar-refractivity contribution in [2.45, 2.75) is 39.5 Å². The smallest absolute Gasteiger partial charge is 0.311 e. The first kappa shape index (κ1) is 26.6. The highest BCUT2D eigenvalue weighted by Gasteiger charge is 2.07. The van der Waals surface area contributed by atoms with E-state index in [1.54, 1.807) is 0 Å². The van der Waals surface area contributed by atoms with Crippen LogP contribution in [0.4, 0.5) is 11.4 Å². The van der Waals surface area contributed by atoms with Crippen molar-refractivity contribution in [2.24, 2.45) is 0 Å². The topological polar surface area (TPSA) is 51.8 Å². The monoisotopic (exact) mass is 492 g/mol. The van der Waals surface area contributed by atoms with Gasteiger partial charge in [-0.1, -0.05) is 95.9 Å². The van der Waals surface area contributed by atoms with Crippen LogP contribution < -0.4 is 21.6 Å². The van der Waals surface area contributed by atoms with E-state index in [0.29, 0.717) is 28.2 Å². The third kappa shape index (κ3) is 9.46. The molecule has 0 spiro atoms. The summed E-state index contributed by atoms with van der Waals surface area (Å²) in [5, 5.41) is 6.69. The molecule has 2 N–H and O–H groups in total. The molecule has 4 rings (SSSR count). The number of nitrogens with one attached hydrogen (secondary N) is 2. The highest BCUT2D eigenvalue weighted by Crippen LogP contribution is 2.09. The van der Waals surface area contributed by atoms with Gasteiger partial charge in [0.2, 0.25) is 0 Å². The van der Waals surface area contributed by atoms with Crippen LogP contribution in [0.5, 0.6) is 0 Å². The summed E-state index contributed by atoms with van der Waals surface area (Å²) < 4.78 is 17.9. The molecule has 0 saturated carbocycles. The molecule has 4 aromatic rings. The molecule has 0 aromatic heterocycles. The molecule has 0 fully saturated rings. The molecular weight excluding hydrogens is 458 g/mol. The predicted octanol–water partition coefficient (Wildman–Crippen LogP) is 4.31. The Hall–Kier alpha value is -3.51. The van der Waals surface area contributed by atoms with E-state index in [0.717, 1.165) is 33.4 Å². The first-order chi connectivity index (χ1) is 18.1. The fourth-order valence-electron chi connectivity index (χ4n) is 3.89. The van der Waals surface area contributed by atoms with Gasteiger partial charge in [-0.2, -0.15) is 0 Å². The molecule has 7 heteroatoms. The summed E-state index contributed by atoms with van der Waals surface area (Å²) in [5.41, 5.74) is 6.63. The lowest BCUT2D eigenvalue weighted by Crippen LogP contribution is -2.27. The highest BCUT2D eigenvalue weighted by molar-refractivity contribution is 6.47. The molecule has 4 aromatic carbocycles. The Morgan fingerprint density at radius 2 is 1.11 bits per heavy atom. The van der Waals surface area contributed by atoms with Gasteiger partial charge in [0, 0.05) is 11.4 Å². The van der Waals surface area contributed by atoms with E-state index in [1.165, 1.54) is 0 Å². The van der Waals surface area contributed by atoms with E-state index in [1.807, 2.05) is 74.5 Å². The lowest BCUT2D eigenvalue weighted by atomic mass is 9.87. The zero-order chi connectivity index (χ0) is 25.7. The molecule has 188 valence electrons. The van der Waals surface area contributed by atoms with E-state index >= 15 is 0 Å². The van der Waals surface area contributed by atoms with Crippen molar-refractivity contribution in [2.75, 3.05) is 10.6 Å². The quantitative estimate of drug-likeness (QED) is 0.203. The summed E-state index contributed by atoms with van der Waals surface area (Å²) in [6.07, 6.45) is -0.158. The van der Waals surface area contributed by atoms with Gasteiger partial charge >= 0.3 is 15.0 Å². The Balaban J connectivity index is 1.15. The van der Waals surface area contributed by atoms with Gasteiger partial charge in [-0.3, -0.25) is 0 Å². The van der Waals surface area contributed by atoms with Crippen molar-refractivity contribution in [1.82, 2.24) is 0 Å². The number of anilines is 2. The molecule has 0 aliphatic rings. The number of ether oxygens (including phenoxy) is 1. The van der Waals surface area contributed by atoms with Crippen LogP contribution >= 0.6 is 0 Å². The van der Waals surface area contributed by atoms with E-state index in [4.69, 9.17) is 14.0 Å². The van der Waals surface area contributed by atoms with Gasteiger partial charge in [0.05, 0.1) is 13.2 Å². The Morgan fingerprint density at radius 3 is 1.70 bits per heavy atom. The second-order valence-corrected chi connectivity index (χ2v) is 9.06. The summed E-state index contributed by atoms with van der Waals surface area (Å²) in [4.78, 5) is 0. The standard InChI is InChI=1S/C30H34B2N2O3/c1-23(33-29-12-5-3-6-13-29)36-31-27-18-16-25(17-19-27)21-35-22-26-10-9-11-28(20-26)32-37-24(2)34-30-14-7-4-8-15-30/h3-20,23-24,31-34H,21-22H2,1-2H3. The van der Waals surface area contributed by atoms with E-state index in [2.05, 4.69) is 59.2 Å². The second-order valence-electron chi connectivity index (χ2n) is 9.06. The van der Waals surface area contributed by atoms with Crippen LogP contribution in [0.3, 0.4) is 0 Å². The lowest BCUT2D eigenvalue weighted by molar-refractivity contribution is 0.107. The average molecular weight is 492 g/mol. The molecule has 0 heterocycles. The van der Waals surface area contributed by atoms with Crippen LogP contribution in [0.15, 0.2) is 109 Å². The van der Waals surface area contributed by atoms with Crippen LogP contribution in [0, 0.1) is 0 Å². The van der Waals surface area contributed by atoms with E-state index in [-0.39, 0.29) is 12.5 Å². The lowest BCUT2D eigenvalue weighted by Gasteiger charge is -2.16. The molecule has 0 amide bonds. The molecule has 0 aliphatic heterocycles. The summed E-state index contributed by atoms with van der Waals surface area (Å²) in [7, 11) is 1.09. The van der Waals surface area contributed by atoms with Crippen LogP contribution in [0.1, 0.15) is 25.0 Å². The van der Waals surface area contributed by atoms with Gasteiger partial charge in [-0.15, -0.1) is 0 Å². The Kier molecular flexibility index (Phi) is 10.3. The maximum absolute atomic E-state index is 5.98. The normalized spacial score (nSPS) is 12.4. The van der Waals surface area contributed by atoms with Gasteiger partial charge in [0.1, 0.15) is 12.5 Å². The minimum atomic E-state index is -0.0842. The van der Waals surface area contributed by atoms with E-state index < -0.39 is 0 Å².